The fourth-order valence-corrected chi connectivity index (χ4v) is 4.17. The van der Waals surface area contributed by atoms with Crippen LogP contribution in [0.3, 0.4) is 0 Å². The standard InChI is InChI=1S/C20H20ClF2N3OS/c1-3-25(4-2)10-11-26(19(27)18-14(22)6-5-7-15(18)23)20-24-16-9-8-13(21)12-17(16)28-20/h5-9,12H,3-4,10-11H2,1-2H3. The van der Waals surface area contributed by atoms with Crippen LogP contribution in [-0.4, -0.2) is 42.0 Å². The molecule has 0 saturated heterocycles. The molecule has 0 saturated carbocycles. The average molecular weight is 424 g/mol. The number of carbonyl (C=O) groups excluding carboxylic acids is 1. The average Bonchev–Trinajstić information content (AvgIpc) is 3.07. The third-order valence-corrected chi connectivity index (χ3v) is 5.80. The molecule has 1 aromatic heterocycles. The van der Waals surface area contributed by atoms with Gasteiger partial charge in [-0.2, -0.15) is 0 Å². The summed E-state index contributed by atoms with van der Waals surface area (Å²) in [5.74, 6) is -2.52. The summed E-state index contributed by atoms with van der Waals surface area (Å²) in [4.78, 5) is 21.1. The zero-order valence-corrected chi connectivity index (χ0v) is 17.2. The van der Waals surface area contributed by atoms with Crippen molar-refractivity contribution < 1.29 is 13.6 Å². The van der Waals surface area contributed by atoms with E-state index < -0.39 is 23.1 Å². The number of fused-ring (bicyclic) bond motifs is 1. The monoisotopic (exact) mass is 423 g/mol. The largest absolute Gasteiger partial charge is 0.302 e. The van der Waals surface area contributed by atoms with Gasteiger partial charge in [0.15, 0.2) is 5.13 Å². The molecule has 3 aromatic rings. The number of rotatable bonds is 7. The van der Waals surface area contributed by atoms with Crippen LogP contribution in [0.5, 0.6) is 0 Å². The second-order valence-corrected chi connectivity index (χ2v) is 7.63. The molecular formula is C20H20ClF2N3OS. The molecule has 0 N–H and O–H groups in total. The number of benzene rings is 2. The van der Waals surface area contributed by atoms with Crippen molar-refractivity contribution in [1.82, 2.24) is 9.88 Å². The minimum absolute atomic E-state index is 0.266. The topological polar surface area (TPSA) is 36.4 Å². The minimum Gasteiger partial charge on any atom is -0.302 e. The summed E-state index contributed by atoms with van der Waals surface area (Å²) < 4.78 is 29.3. The summed E-state index contributed by atoms with van der Waals surface area (Å²) >= 11 is 7.31. The van der Waals surface area contributed by atoms with E-state index >= 15 is 0 Å². The highest BCUT2D eigenvalue weighted by molar-refractivity contribution is 7.22. The van der Waals surface area contributed by atoms with E-state index in [1.165, 1.54) is 22.3 Å². The molecule has 3 rings (SSSR count). The van der Waals surface area contributed by atoms with Crippen LogP contribution in [0.2, 0.25) is 5.02 Å². The smallest absolute Gasteiger partial charge is 0.266 e. The second-order valence-electron chi connectivity index (χ2n) is 6.19. The van der Waals surface area contributed by atoms with E-state index in [0.717, 1.165) is 29.9 Å². The van der Waals surface area contributed by atoms with Crippen molar-refractivity contribution in [2.45, 2.75) is 13.8 Å². The van der Waals surface area contributed by atoms with E-state index in [2.05, 4.69) is 9.88 Å². The Labute approximate surface area is 171 Å². The molecule has 4 nitrogen and oxygen atoms in total. The van der Waals surface area contributed by atoms with Crippen molar-refractivity contribution in [2.24, 2.45) is 0 Å². The normalized spacial score (nSPS) is 11.4. The van der Waals surface area contributed by atoms with Gasteiger partial charge in [-0.1, -0.05) is 42.9 Å². The number of nitrogens with zero attached hydrogens (tertiary/aromatic N) is 3. The summed E-state index contributed by atoms with van der Waals surface area (Å²) in [5.41, 5.74) is 0.110. The summed E-state index contributed by atoms with van der Waals surface area (Å²) in [7, 11) is 0. The van der Waals surface area contributed by atoms with Gasteiger partial charge < -0.3 is 4.90 Å². The highest BCUT2D eigenvalue weighted by atomic mass is 35.5. The number of aromatic nitrogens is 1. The van der Waals surface area contributed by atoms with Gasteiger partial charge >= 0.3 is 0 Å². The number of thiazole rings is 1. The van der Waals surface area contributed by atoms with Gasteiger partial charge in [0.2, 0.25) is 0 Å². The summed E-state index contributed by atoms with van der Waals surface area (Å²) in [6.07, 6.45) is 0. The van der Waals surface area contributed by atoms with Crippen LogP contribution in [0.1, 0.15) is 24.2 Å². The number of likely N-dealkylation sites (N-methyl/N-ethyl adjacent to an activating group) is 1. The molecule has 2 aromatic carbocycles. The molecule has 8 heteroatoms. The Morgan fingerprint density at radius 3 is 2.43 bits per heavy atom. The molecule has 1 amide bonds. The lowest BCUT2D eigenvalue weighted by Crippen LogP contribution is -2.39. The lowest BCUT2D eigenvalue weighted by molar-refractivity contribution is 0.0975. The summed E-state index contributed by atoms with van der Waals surface area (Å²) in [6, 6.07) is 8.63. The molecule has 0 spiro atoms. The van der Waals surface area contributed by atoms with E-state index in [1.807, 2.05) is 13.8 Å². The van der Waals surface area contributed by atoms with Crippen LogP contribution in [0.15, 0.2) is 36.4 Å². The zero-order valence-electron chi connectivity index (χ0n) is 15.6. The molecule has 0 bridgehead atoms. The van der Waals surface area contributed by atoms with Gasteiger partial charge in [0.1, 0.15) is 17.2 Å². The third-order valence-electron chi connectivity index (χ3n) is 4.53. The lowest BCUT2D eigenvalue weighted by Gasteiger charge is -2.25. The zero-order chi connectivity index (χ0) is 20.3. The van der Waals surface area contributed by atoms with Crippen molar-refractivity contribution in [2.75, 3.05) is 31.1 Å². The van der Waals surface area contributed by atoms with E-state index in [1.54, 1.807) is 18.2 Å². The molecule has 0 aliphatic rings. The van der Waals surface area contributed by atoms with Gasteiger partial charge in [0, 0.05) is 18.1 Å². The molecule has 1 heterocycles. The second kappa shape index (κ2) is 8.94. The van der Waals surface area contributed by atoms with Gasteiger partial charge in [-0.3, -0.25) is 9.69 Å². The molecule has 28 heavy (non-hydrogen) atoms. The van der Waals surface area contributed by atoms with Crippen LogP contribution < -0.4 is 4.90 Å². The Kier molecular flexibility index (Phi) is 6.59. The number of hydrogen-bond acceptors (Lipinski definition) is 4. The van der Waals surface area contributed by atoms with Crippen molar-refractivity contribution >= 4 is 44.2 Å². The van der Waals surface area contributed by atoms with E-state index in [4.69, 9.17) is 11.6 Å². The lowest BCUT2D eigenvalue weighted by atomic mass is 10.1. The highest BCUT2D eigenvalue weighted by Crippen LogP contribution is 2.32. The molecule has 0 aliphatic heterocycles. The molecule has 0 unspecified atom stereocenters. The van der Waals surface area contributed by atoms with Crippen LogP contribution in [0.25, 0.3) is 10.2 Å². The quantitative estimate of drug-likeness (QED) is 0.523. The number of anilines is 1. The Morgan fingerprint density at radius 1 is 1.11 bits per heavy atom. The number of halogens is 3. The summed E-state index contributed by atoms with van der Waals surface area (Å²) in [6.45, 7) is 6.48. The molecule has 148 valence electrons. The summed E-state index contributed by atoms with van der Waals surface area (Å²) in [5, 5.41) is 0.945. The van der Waals surface area contributed by atoms with Crippen molar-refractivity contribution in [3.63, 3.8) is 0 Å². The molecule has 0 fully saturated rings. The maximum atomic E-state index is 14.2. The van der Waals surface area contributed by atoms with E-state index in [-0.39, 0.29) is 6.54 Å². The van der Waals surface area contributed by atoms with Crippen LogP contribution >= 0.6 is 22.9 Å². The van der Waals surface area contributed by atoms with Crippen LogP contribution in [-0.2, 0) is 0 Å². The van der Waals surface area contributed by atoms with Gasteiger partial charge in [-0.25, -0.2) is 13.8 Å². The first-order valence-electron chi connectivity index (χ1n) is 8.98. The van der Waals surface area contributed by atoms with Crippen molar-refractivity contribution in [1.29, 1.82) is 0 Å². The Morgan fingerprint density at radius 2 is 1.79 bits per heavy atom. The Hall–Kier alpha value is -2.09. The van der Waals surface area contributed by atoms with Gasteiger partial charge in [0.25, 0.3) is 5.91 Å². The highest BCUT2D eigenvalue weighted by Gasteiger charge is 2.26. The third kappa shape index (κ3) is 4.32. The molecular weight excluding hydrogens is 404 g/mol. The van der Waals surface area contributed by atoms with Crippen molar-refractivity contribution in [3.8, 4) is 0 Å². The molecule has 0 atom stereocenters. The predicted molar refractivity (Wildman–Crippen MR) is 110 cm³/mol. The number of carbonyl (C=O) groups is 1. The molecule has 0 radical (unpaired) electrons. The Balaban J connectivity index is 2.01. The van der Waals surface area contributed by atoms with Gasteiger partial charge in [-0.15, -0.1) is 0 Å². The van der Waals surface area contributed by atoms with Crippen LogP contribution in [0, 0.1) is 11.6 Å². The fourth-order valence-electron chi connectivity index (χ4n) is 2.90. The van der Waals surface area contributed by atoms with Gasteiger partial charge in [-0.05, 0) is 43.4 Å². The van der Waals surface area contributed by atoms with Crippen molar-refractivity contribution in [3.05, 3.63) is 58.6 Å². The predicted octanol–water partition coefficient (Wildman–Crippen LogP) is 5.22. The first kappa shape index (κ1) is 20.6. The first-order chi connectivity index (χ1) is 13.4. The fraction of sp³-hybridized carbons (Fsp3) is 0.300. The van der Waals surface area contributed by atoms with E-state index in [0.29, 0.717) is 22.2 Å². The first-order valence-corrected chi connectivity index (χ1v) is 10.2. The van der Waals surface area contributed by atoms with Gasteiger partial charge in [0.05, 0.1) is 10.2 Å². The van der Waals surface area contributed by atoms with Crippen LogP contribution in [0.4, 0.5) is 13.9 Å². The minimum atomic E-state index is -0.887. The number of hydrogen-bond donors (Lipinski definition) is 0. The number of amides is 1. The molecule has 0 aliphatic carbocycles. The maximum absolute atomic E-state index is 14.2. The SMILES string of the molecule is CCN(CC)CCN(C(=O)c1c(F)cccc1F)c1nc2ccc(Cl)cc2s1. The Bertz CT molecular complexity index is 970. The van der Waals surface area contributed by atoms with E-state index in [9.17, 15) is 13.6 Å². The maximum Gasteiger partial charge on any atom is 0.266 e.